The van der Waals surface area contributed by atoms with Crippen LogP contribution in [0.5, 0.6) is 5.75 Å². The van der Waals surface area contributed by atoms with Gasteiger partial charge < -0.3 is 9.64 Å². The zero-order valence-electron chi connectivity index (χ0n) is 15.6. The van der Waals surface area contributed by atoms with E-state index in [1.165, 1.54) is 10.2 Å². The molecule has 27 heavy (non-hydrogen) atoms. The Morgan fingerprint density at radius 3 is 2.33 bits per heavy atom. The first kappa shape index (κ1) is 18.1. The highest BCUT2D eigenvalue weighted by molar-refractivity contribution is 7.89. The van der Waals surface area contributed by atoms with E-state index in [0.29, 0.717) is 11.2 Å². The van der Waals surface area contributed by atoms with E-state index in [2.05, 4.69) is 11.9 Å². The van der Waals surface area contributed by atoms with Crippen LogP contribution in [0.15, 0.2) is 54.6 Å². The van der Waals surface area contributed by atoms with Gasteiger partial charge in [-0.15, -0.1) is 0 Å². The van der Waals surface area contributed by atoms with Crippen LogP contribution in [0.4, 0.5) is 0 Å². The minimum absolute atomic E-state index is 0.245. The van der Waals surface area contributed by atoms with E-state index in [1.54, 1.807) is 0 Å². The third-order valence-corrected chi connectivity index (χ3v) is 6.17. The lowest BCUT2D eigenvalue weighted by Crippen LogP contribution is -2.35. The first-order valence-corrected chi connectivity index (χ1v) is 11.0. The minimum atomic E-state index is -3.42. The summed E-state index contributed by atoms with van der Waals surface area (Å²) in [5, 5.41) is 0.907. The summed E-state index contributed by atoms with van der Waals surface area (Å²) in [6, 6.07) is 17.2. The Labute approximate surface area is 160 Å². The van der Waals surface area contributed by atoms with Crippen LogP contribution >= 0.6 is 0 Å². The van der Waals surface area contributed by atoms with E-state index in [1.807, 2.05) is 54.6 Å². The number of hydrogen-bond acceptors (Lipinski definition) is 4. The van der Waals surface area contributed by atoms with Gasteiger partial charge in [-0.1, -0.05) is 18.2 Å². The van der Waals surface area contributed by atoms with Gasteiger partial charge >= 0.3 is 0 Å². The topological polar surface area (TPSA) is 51.5 Å². The number of ether oxygens (including phenoxy) is 1. The van der Waals surface area contributed by atoms with Crippen molar-refractivity contribution in [3.05, 3.63) is 54.6 Å². The summed E-state index contributed by atoms with van der Waals surface area (Å²) in [6.07, 6.45) is 3.54. The van der Waals surface area contributed by atoms with Crippen molar-refractivity contribution >= 4 is 20.9 Å². The van der Waals surface area contributed by atoms with Gasteiger partial charge in [-0.25, -0.2) is 12.4 Å². The Morgan fingerprint density at radius 1 is 1.00 bits per heavy atom. The van der Waals surface area contributed by atoms with Gasteiger partial charge in [0.15, 0.2) is 0 Å². The smallest absolute Gasteiger partial charge is 0.236 e. The highest BCUT2D eigenvalue weighted by Crippen LogP contribution is 2.31. The molecule has 1 aliphatic heterocycles. The first-order chi connectivity index (χ1) is 12.9. The summed E-state index contributed by atoms with van der Waals surface area (Å²) in [7, 11) is -1.29. The van der Waals surface area contributed by atoms with Crippen molar-refractivity contribution in [2.45, 2.75) is 18.9 Å². The van der Waals surface area contributed by atoms with Crippen molar-refractivity contribution in [2.75, 3.05) is 26.4 Å². The molecule has 0 N–H and O–H groups in total. The summed E-state index contributed by atoms with van der Waals surface area (Å²) >= 11 is 0. The Hall–Kier alpha value is -2.31. The number of piperidine rings is 1. The molecule has 5 nitrogen and oxygen atoms in total. The second-order valence-electron chi connectivity index (χ2n) is 7.26. The molecule has 0 amide bonds. The fourth-order valence-electron chi connectivity index (χ4n) is 3.69. The number of rotatable bonds is 4. The van der Waals surface area contributed by atoms with Crippen LogP contribution < -0.4 is 4.74 Å². The van der Waals surface area contributed by atoms with Crippen molar-refractivity contribution in [1.29, 1.82) is 0 Å². The van der Waals surface area contributed by atoms with Crippen LogP contribution in [0, 0.1) is 0 Å². The molecule has 2 aromatic carbocycles. The van der Waals surface area contributed by atoms with E-state index in [-0.39, 0.29) is 6.10 Å². The van der Waals surface area contributed by atoms with Crippen molar-refractivity contribution in [3.63, 3.8) is 0 Å². The number of aromatic nitrogens is 1. The van der Waals surface area contributed by atoms with Gasteiger partial charge in [0.25, 0.3) is 0 Å². The molecular weight excluding hydrogens is 360 g/mol. The standard InChI is InChI=1S/C21H24N2O3S/c1-22-13-11-19(12-14-22)26-18-9-7-16(8-10-18)21-15-17-5-3-4-6-20(17)23(21)27(2,24)25/h3-10,15,19H,11-14H2,1-2H3. The lowest BCUT2D eigenvalue weighted by molar-refractivity contribution is 0.114. The van der Waals surface area contributed by atoms with Crippen LogP contribution in [0.2, 0.25) is 0 Å². The number of likely N-dealkylation sites (tertiary alicyclic amines) is 1. The third kappa shape index (κ3) is 3.73. The monoisotopic (exact) mass is 384 g/mol. The first-order valence-electron chi connectivity index (χ1n) is 9.18. The summed E-state index contributed by atoms with van der Waals surface area (Å²) in [6.45, 7) is 2.11. The van der Waals surface area contributed by atoms with Crippen LogP contribution in [0.25, 0.3) is 22.2 Å². The normalized spacial score (nSPS) is 16.7. The highest BCUT2D eigenvalue weighted by atomic mass is 32.2. The molecule has 2 heterocycles. The maximum Gasteiger partial charge on any atom is 0.236 e. The van der Waals surface area contributed by atoms with Gasteiger partial charge in [-0.3, -0.25) is 0 Å². The predicted octanol–water partition coefficient (Wildman–Crippen LogP) is 3.59. The molecule has 0 spiro atoms. The molecule has 0 bridgehead atoms. The fourth-order valence-corrected chi connectivity index (χ4v) is 4.73. The van der Waals surface area contributed by atoms with E-state index in [0.717, 1.165) is 42.6 Å². The molecule has 6 heteroatoms. The van der Waals surface area contributed by atoms with E-state index in [9.17, 15) is 8.42 Å². The van der Waals surface area contributed by atoms with E-state index in [4.69, 9.17) is 4.74 Å². The zero-order chi connectivity index (χ0) is 19.0. The van der Waals surface area contributed by atoms with Gasteiger partial charge in [0.05, 0.1) is 17.5 Å². The number of nitrogens with zero attached hydrogens (tertiary/aromatic N) is 2. The van der Waals surface area contributed by atoms with Gasteiger partial charge in [0, 0.05) is 18.5 Å². The maximum absolute atomic E-state index is 12.4. The van der Waals surface area contributed by atoms with Crippen LogP contribution in [-0.2, 0) is 10.0 Å². The molecule has 0 unspecified atom stereocenters. The van der Waals surface area contributed by atoms with E-state index >= 15 is 0 Å². The maximum atomic E-state index is 12.4. The molecule has 1 aliphatic rings. The summed E-state index contributed by atoms with van der Waals surface area (Å²) in [4.78, 5) is 2.31. The fraction of sp³-hybridized carbons (Fsp3) is 0.333. The molecule has 0 aliphatic carbocycles. The van der Waals surface area contributed by atoms with Crippen molar-refractivity contribution < 1.29 is 13.2 Å². The van der Waals surface area contributed by atoms with Crippen molar-refractivity contribution in [1.82, 2.24) is 8.87 Å². The van der Waals surface area contributed by atoms with Crippen molar-refractivity contribution in [3.8, 4) is 17.0 Å². The average Bonchev–Trinajstić information content (AvgIpc) is 3.04. The number of para-hydroxylation sites is 1. The Kier molecular flexibility index (Phi) is 4.70. The Morgan fingerprint density at radius 2 is 1.67 bits per heavy atom. The number of fused-ring (bicyclic) bond motifs is 1. The molecule has 1 saturated heterocycles. The molecule has 0 radical (unpaired) electrons. The molecule has 1 aromatic heterocycles. The quantitative estimate of drug-likeness (QED) is 0.690. The summed E-state index contributed by atoms with van der Waals surface area (Å²) in [5.74, 6) is 0.829. The minimum Gasteiger partial charge on any atom is -0.490 e. The van der Waals surface area contributed by atoms with Crippen LogP contribution in [0.1, 0.15) is 12.8 Å². The van der Waals surface area contributed by atoms with Gasteiger partial charge in [-0.05, 0) is 61.9 Å². The lowest BCUT2D eigenvalue weighted by Gasteiger charge is -2.29. The molecule has 0 atom stereocenters. The second kappa shape index (κ2) is 7.02. The third-order valence-electron chi connectivity index (χ3n) is 5.12. The molecular formula is C21H24N2O3S. The zero-order valence-corrected chi connectivity index (χ0v) is 16.4. The van der Waals surface area contributed by atoms with Gasteiger partial charge in [0.2, 0.25) is 10.0 Å². The van der Waals surface area contributed by atoms with Crippen LogP contribution in [0.3, 0.4) is 0 Å². The van der Waals surface area contributed by atoms with Crippen molar-refractivity contribution in [2.24, 2.45) is 0 Å². The summed E-state index contributed by atoms with van der Waals surface area (Å²) < 4.78 is 32.3. The Bertz CT molecular complexity index is 1050. The number of benzene rings is 2. The highest BCUT2D eigenvalue weighted by Gasteiger charge is 2.19. The molecule has 4 rings (SSSR count). The SMILES string of the molecule is CN1CCC(Oc2ccc(-c3cc4ccccc4n3S(C)(=O)=O)cc2)CC1. The number of hydrogen-bond donors (Lipinski definition) is 0. The predicted molar refractivity (Wildman–Crippen MR) is 109 cm³/mol. The van der Waals surface area contributed by atoms with Gasteiger partial charge in [-0.2, -0.15) is 0 Å². The molecule has 142 valence electrons. The van der Waals surface area contributed by atoms with Gasteiger partial charge in [0.1, 0.15) is 11.9 Å². The summed E-state index contributed by atoms with van der Waals surface area (Å²) in [5.41, 5.74) is 2.22. The molecule has 3 aromatic rings. The largest absolute Gasteiger partial charge is 0.490 e. The van der Waals surface area contributed by atoms with Crippen LogP contribution in [-0.4, -0.2) is 49.8 Å². The Balaban J connectivity index is 1.64. The van der Waals surface area contributed by atoms with E-state index < -0.39 is 10.0 Å². The molecule has 1 fully saturated rings. The second-order valence-corrected chi connectivity index (χ2v) is 9.09. The molecule has 0 saturated carbocycles. The lowest BCUT2D eigenvalue weighted by atomic mass is 10.1. The average molecular weight is 385 g/mol.